The quantitative estimate of drug-likeness (QED) is 0.114. The van der Waals surface area contributed by atoms with E-state index in [0.717, 1.165) is 50.4 Å². The van der Waals surface area contributed by atoms with Gasteiger partial charge in [-0.3, -0.25) is 9.36 Å². The van der Waals surface area contributed by atoms with Crippen LogP contribution in [-0.4, -0.2) is 21.2 Å². The maximum atomic E-state index is 12.0. The van der Waals surface area contributed by atoms with Gasteiger partial charge in [0.05, 0.1) is 28.1 Å². The number of nitrogens with zero attached hydrogens (tertiary/aromatic N) is 2. The Morgan fingerprint density at radius 1 is 0.756 bits per heavy atom. The van der Waals surface area contributed by atoms with Crippen molar-refractivity contribution >= 4 is 78.6 Å². The van der Waals surface area contributed by atoms with Crippen LogP contribution < -0.4 is 10.9 Å². The number of benzene rings is 4. The summed E-state index contributed by atoms with van der Waals surface area (Å²) in [7, 11) is 0. The Morgan fingerprint density at radius 3 is 1.95 bits per heavy atom. The molecule has 1 aliphatic heterocycles. The molecule has 0 amide bonds. The molecule has 6 nitrogen and oxygen atoms in total. The summed E-state index contributed by atoms with van der Waals surface area (Å²) in [6.45, 7) is 4.05. The van der Waals surface area contributed by atoms with Gasteiger partial charge in [0.2, 0.25) is 0 Å². The number of anilines is 1. The molecule has 0 aliphatic carbocycles. The number of aryl methyl sites for hydroxylation is 2. The summed E-state index contributed by atoms with van der Waals surface area (Å²) in [6, 6.07) is 31.4. The smallest absolute Gasteiger partial charge is 0.339 e. The lowest BCUT2D eigenvalue weighted by Crippen LogP contribution is -2.27. The van der Waals surface area contributed by atoms with Gasteiger partial charge in [-0.15, -0.1) is 0 Å². The predicted octanol–water partition coefficient (Wildman–Crippen LogP) is 9.82. The number of nitrogens with one attached hydrogen (secondary N) is 2. The zero-order chi connectivity index (χ0) is 29.6. The average Bonchev–Trinajstić information content (AvgIpc) is 2.93. The zero-order valence-corrected chi connectivity index (χ0v) is 25.9. The SMILES string of the molecule is Cc1cccc2[nH]c(=O)c(-c3ccccc3)nc12.Cc1cccc2c1N=C(c1ccccc1)C(Cl)N2.O=P(Cl)(Cl)Cl. The Morgan fingerprint density at radius 2 is 1.32 bits per heavy atom. The fourth-order valence-electron chi connectivity index (χ4n) is 4.17. The Labute approximate surface area is 257 Å². The van der Waals surface area contributed by atoms with Gasteiger partial charge in [0.25, 0.3) is 5.56 Å². The molecule has 4 aromatic carbocycles. The van der Waals surface area contributed by atoms with Crippen LogP contribution in [0.3, 0.4) is 0 Å². The van der Waals surface area contributed by atoms with E-state index in [1.807, 2.05) is 97.9 Å². The molecular formula is C30H25Cl4N4O2P. The lowest BCUT2D eigenvalue weighted by molar-refractivity contribution is 0.600. The summed E-state index contributed by atoms with van der Waals surface area (Å²) >= 11 is 20.2. The molecule has 0 fully saturated rings. The first-order chi connectivity index (χ1) is 19.5. The molecule has 0 bridgehead atoms. The van der Waals surface area contributed by atoms with E-state index in [2.05, 4.69) is 62.0 Å². The Kier molecular flexibility index (Phi) is 10.3. The zero-order valence-electron chi connectivity index (χ0n) is 22.0. The number of fused-ring (bicyclic) bond motifs is 2. The number of rotatable bonds is 2. The van der Waals surface area contributed by atoms with Gasteiger partial charge in [-0.25, -0.2) is 9.98 Å². The second kappa shape index (κ2) is 13.7. The number of hydrogen-bond donors (Lipinski definition) is 2. The highest BCUT2D eigenvalue weighted by Crippen LogP contribution is 2.61. The minimum Gasteiger partial charge on any atom is -0.363 e. The fraction of sp³-hybridized carbons (Fsp3) is 0.100. The molecule has 6 rings (SSSR count). The molecule has 1 atom stereocenters. The number of halogens is 4. The molecule has 0 spiro atoms. The highest BCUT2D eigenvalue weighted by molar-refractivity contribution is 8.24. The number of aromatic nitrogens is 2. The first-order valence-corrected chi connectivity index (χ1v) is 17.3. The molecule has 1 aromatic heterocycles. The number of alkyl halides is 1. The highest BCUT2D eigenvalue weighted by Gasteiger charge is 2.22. The molecule has 0 saturated heterocycles. The summed E-state index contributed by atoms with van der Waals surface area (Å²) in [6.07, 6.45) is 0. The third-order valence-electron chi connectivity index (χ3n) is 6.03. The molecule has 5 aromatic rings. The van der Waals surface area contributed by atoms with Crippen molar-refractivity contribution in [2.24, 2.45) is 4.99 Å². The van der Waals surface area contributed by atoms with Crippen molar-refractivity contribution in [2.45, 2.75) is 19.3 Å². The summed E-state index contributed by atoms with van der Waals surface area (Å²) in [4.78, 5) is 24.1. The van der Waals surface area contributed by atoms with Crippen molar-refractivity contribution in [3.63, 3.8) is 0 Å². The van der Waals surface area contributed by atoms with Crippen LogP contribution in [-0.2, 0) is 4.57 Å². The van der Waals surface area contributed by atoms with Crippen LogP contribution in [0.15, 0.2) is 107 Å². The molecule has 11 heteroatoms. The first kappa shape index (κ1) is 30.8. The largest absolute Gasteiger partial charge is 0.363 e. The normalized spacial score (nSPS) is 13.9. The van der Waals surface area contributed by atoms with Crippen LogP contribution in [0.25, 0.3) is 22.3 Å². The van der Waals surface area contributed by atoms with E-state index in [0.29, 0.717) is 5.69 Å². The minimum atomic E-state index is -3.22. The van der Waals surface area contributed by atoms with Gasteiger partial charge in [-0.05, 0) is 76.4 Å². The van der Waals surface area contributed by atoms with Crippen molar-refractivity contribution in [1.82, 2.24) is 9.97 Å². The van der Waals surface area contributed by atoms with Crippen LogP contribution in [0.4, 0.5) is 11.4 Å². The number of H-pyrrole nitrogens is 1. The van der Waals surface area contributed by atoms with Crippen LogP contribution in [0.5, 0.6) is 0 Å². The van der Waals surface area contributed by atoms with Crippen molar-refractivity contribution in [3.05, 3.63) is 124 Å². The van der Waals surface area contributed by atoms with Gasteiger partial charge in [0.15, 0.2) is 0 Å². The van der Waals surface area contributed by atoms with Crippen LogP contribution in [0, 0.1) is 13.8 Å². The standard InChI is InChI=1S/C15H13ClN2.C15H12N2O.Cl3OP/c1-10-6-5-9-12-13(10)18-14(15(16)17-12)11-7-3-2-4-8-11;1-10-6-5-9-12-13(10)17-14(15(18)16-12)11-7-3-2-4-8-11;1-5(2,3)4/h2-9,15,17H,1H3;2-9H,1H3,(H,16,18);. The van der Waals surface area contributed by atoms with E-state index in [1.54, 1.807) is 0 Å². The molecule has 41 heavy (non-hydrogen) atoms. The summed E-state index contributed by atoms with van der Waals surface area (Å²) in [5, 5.41) is 0.0617. The predicted molar refractivity (Wildman–Crippen MR) is 175 cm³/mol. The van der Waals surface area contributed by atoms with Crippen molar-refractivity contribution in [3.8, 4) is 11.3 Å². The highest BCUT2D eigenvalue weighted by atomic mass is 36.0. The van der Waals surface area contributed by atoms with E-state index < -0.39 is 5.20 Å². The Hall–Kier alpha value is -3.12. The number of para-hydroxylation sites is 2. The molecule has 2 N–H and O–H groups in total. The average molecular weight is 646 g/mol. The van der Waals surface area contributed by atoms with Crippen LogP contribution in [0.2, 0.25) is 0 Å². The fourth-order valence-corrected chi connectivity index (χ4v) is 4.46. The number of hydrogen-bond acceptors (Lipinski definition) is 5. The molecule has 210 valence electrons. The Balaban J connectivity index is 0.000000163. The monoisotopic (exact) mass is 644 g/mol. The number of aliphatic imine (C=N–C) groups is 1. The maximum absolute atomic E-state index is 12.0. The van der Waals surface area contributed by atoms with Crippen LogP contribution in [0.1, 0.15) is 16.7 Å². The molecule has 1 unspecified atom stereocenters. The third kappa shape index (κ3) is 8.45. The van der Waals surface area contributed by atoms with Gasteiger partial charge in [-0.2, -0.15) is 0 Å². The maximum Gasteiger partial charge on any atom is 0.339 e. The van der Waals surface area contributed by atoms with Crippen molar-refractivity contribution in [1.29, 1.82) is 0 Å². The minimum absolute atomic E-state index is 0.153. The summed E-state index contributed by atoms with van der Waals surface area (Å²) < 4.78 is 9.51. The van der Waals surface area contributed by atoms with E-state index in [4.69, 9.17) is 16.6 Å². The molecule has 1 aliphatic rings. The number of aromatic amines is 1. The van der Waals surface area contributed by atoms with Gasteiger partial charge in [-0.1, -0.05) is 96.5 Å². The van der Waals surface area contributed by atoms with E-state index in [-0.39, 0.29) is 11.1 Å². The van der Waals surface area contributed by atoms with Gasteiger partial charge in [0.1, 0.15) is 11.2 Å². The molecule has 2 heterocycles. The lowest BCUT2D eigenvalue weighted by atomic mass is 10.1. The van der Waals surface area contributed by atoms with E-state index >= 15 is 0 Å². The van der Waals surface area contributed by atoms with Gasteiger partial charge in [0, 0.05) is 5.56 Å². The van der Waals surface area contributed by atoms with Crippen LogP contribution >= 0.6 is 50.5 Å². The Bertz CT molecular complexity index is 1780. The van der Waals surface area contributed by atoms with E-state index in [9.17, 15) is 9.36 Å². The van der Waals surface area contributed by atoms with Crippen molar-refractivity contribution in [2.75, 3.05) is 5.32 Å². The van der Waals surface area contributed by atoms with Crippen molar-refractivity contribution < 1.29 is 4.57 Å². The second-order valence-corrected chi connectivity index (χ2v) is 16.1. The first-order valence-electron chi connectivity index (χ1n) is 12.4. The van der Waals surface area contributed by atoms with E-state index in [1.165, 1.54) is 0 Å². The topological polar surface area (TPSA) is 87.2 Å². The molecular weight excluding hydrogens is 621 g/mol. The second-order valence-electron chi connectivity index (χ2n) is 8.99. The van der Waals surface area contributed by atoms with Gasteiger partial charge >= 0.3 is 5.20 Å². The lowest BCUT2D eigenvalue weighted by Gasteiger charge is -2.23. The summed E-state index contributed by atoms with van der Waals surface area (Å²) in [5.74, 6) is 0. The summed E-state index contributed by atoms with van der Waals surface area (Å²) in [5.41, 5.74) is 8.59. The molecule has 0 radical (unpaired) electrons. The third-order valence-corrected chi connectivity index (χ3v) is 6.35. The molecule has 0 saturated carbocycles. The van der Waals surface area contributed by atoms with Gasteiger partial charge < -0.3 is 10.3 Å².